The van der Waals surface area contributed by atoms with Crippen LogP contribution in [0.3, 0.4) is 0 Å². The Hall–Kier alpha value is -0.970. The minimum Gasteiger partial charge on any atom is -0.341 e. The summed E-state index contributed by atoms with van der Waals surface area (Å²) in [4.78, 5) is 14.0. The van der Waals surface area contributed by atoms with Crippen molar-refractivity contribution in [2.45, 2.75) is 24.6 Å². The molecular formula is C14H16BrF2NO. The van der Waals surface area contributed by atoms with Crippen LogP contribution in [0.2, 0.25) is 0 Å². The highest BCUT2D eigenvalue weighted by Crippen LogP contribution is 2.33. The first-order valence-electron chi connectivity index (χ1n) is 6.24. The summed E-state index contributed by atoms with van der Waals surface area (Å²) in [6.45, 7) is 2.06. The Morgan fingerprint density at radius 2 is 2.05 bits per heavy atom. The summed E-state index contributed by atoms with van der Waals surface area (Å²) in [6, 6.07) is 2.47. The van der Waals surface area contributed by atoms with E-state index in [9.17, 15) is 13.6 Å². The highest BCUT2D eigenvalue weighted by atomic mass is 79.9. The molecule has 0 spiro atoms. The van der Waals surface area contributed by atoms with Crippen molar-refractivity contribution in [3.8, 4) is 0 Å². The molecule has 1 aliphatic rings. The third-order valence-electron chi connectivity index (χ3n) is 3.55. The number of benzene rings is 1. The van der Waals surface area contributed by atoms with E-state index in [1.54, 1.807) is 7.05 Å². The Bertz CT molecular complexity index is 500. The summed E-state index contributed by atoms with van der Waals surface area (Å²) in [7, 11) is 1.59. The van der Waals surface area contributed by atoms with E-state index in [2.05, 4.69) is 15.9 Å². The number of aryl methyl sites for hydroxylation is 1. The van der Waals surface area contributed by atoms with Gasteiger partial charge in [-0.15, -0.1) is 0 Å². The van der Waals surface area contributed by atoms with Gasteiger partial charge in [0.2, 0.25) is 0 Å². The third kappa shape index (κ3) is 2.96. The number of amides is 1. The van der Waals surface area contributed by atoms with E-state index in [1.165, 1.54) is 17.9 Å². The molecule has 0 saturated heterocycles. The topological polar surface area (TPSA) is 20.3 Å². The van der Waals surface area contributed by atoms with E-state index >= 15 is 0 Å². The third-order valence-corrected chi connectivity index (χ3v) is 4.30. The van der Waals surface area contributed by atoms with Crippen LogP contribution in [-0.4, -0.2) is 29.2 Å². The SMILES string of the molecule is Cc1ccc(F)c(C(=O)N(C)CC2CC(Br)C2)c1F. The number of rotatable bonds is 3. The Morgan fingerprint density at radius 1 is 1.42 bits per heavy atom. The minimum atomic E-state index is -0.799. The van der Waals surface area contributed by atoms with Crippen LogP contribution in [-0.2, 0) is 0 Å². The average molecular weight is 332 g/mol. The summed E-state index contributed by atoms with van der Waals surface area (Å²) in [6.07, 6.45) is 1.99. The molecule has 0 aliphatic heterocycles. The van der Waals surface area contributed by atoms with Crippen molar-refractivity contribution < 1.29 is 13.6 Å². The summed E-state index contributed by atoms with van der Waals surface area (Å²) in [5.74, 6) is -1.73. The van der Waals surface area contributed by atoms with Gasteiger partial charge < -0.3 is 4.90 Å². The molecule has 5 heteroatoms. The lowest BCUT2D eigenvalue weighted by Gasteiger charge is -2.34. The highest BCUT2D eigenvalue weighted by Gasteiger charge is 2.30. The Morgan fingerprint density at radius 3 is 2.63 bits per heavy atom. The molecule has 0 atom stereocenters. The van der Waals surface area contributed by atoms with E-state index in [1.807, 2.05) is 0 Å². The Kier molecular flexibility index (Phi) is 4.23. The first kappa shape index (κ1) is 14.4. The van der Waals surface area contributed by atoms with Gasteiger partial charge in [-0.05, 0) is 37.3 Å². The van der Waals surface area contributed by atoms with Gasteiger partial charge in [0.05, 0.1) is 0 Å². The van der Waals surface area contributed by atoms with E-state index in [4.69, 9.17) is 0 Å². The number of hydrogen-bond acceptors (Lipinski definition) is 1. The van der Waals surface area contributed by atoms with E-state index < -0.39 is 23.1 Å². The summed E-state index contributed by atoms with van der Waals surface area (Å²) in [5.41, 5.74) is -0.167. The smallest absolute Gasteiger partial charge is 0.259 e. The van der Waals surface area contributed by atoms with Crippen LogP contribution in [0.5, 0.6) is 0 Å². The normalized spacial score (nSPS) is 21.9. The molecule has 2 rings (SSSR count). The molecule has 0 heterocycles. The quantitative estimate of drug-likeness (QED) is 0.776. The number of carbonyl (C=O) groups is 1. The van der Waals surface area contributed by atoms with Crippen molar-refractivity contribution in [1.82, 2.24) is 4.90 Å². The van der Waals surface area contributed by atoms with Gasteiger partial charge in [0.25, 0.3) is 5.91 Å². The van der Waals surface area contributed by atoms with Gasteiger partial charge in [-0.3, -0.25) is 4.79 Å². The Labute approximate surface area is 119 Å². The molecule has 0 N–H and O–H groups in total. The predicted molar refractivity (Wildman–Crippen MR) is 73.5 cm³/mol. The van der Waals surface area contributed by atoms with Crippen LogP contribution < -0.4 is 0 Å². The van der Waals surface area contributed by atoms with Gasteiger partial charge in [0, 0.05) is 18.4 Å². The zero-order chi connectivity index (χ0) is 14.2. The molecule has 0 bridgehead atoms. The molecule has 1 amide bonds. The number of alkyl halides is 1. The molecule has 1 saturated carbocycles. The molecule has 0 unspecified atom stereocenters. The molecule has 0 radical (unpaired) electrons. The van der Waals surface area contributed by atoms with Crippen LogP contribution >= 0.6 is 15.9 Å². The van der Waals surface area contributed by atoms with Crippen LogP contribution in [0.1, 0.15) is 28.8 Å². The van der Waals surface area contributed by atoms with Crippen molar-refractivity contribution in [1.29, 1.82) is 0 Å². The molecule has 1 aromatic carbocycles. The first-order chi connectivity index (χ1) is 8.90. The monoisotopic (exact) mass is 331 g/mol. The van der Waals surface area contributed by atoms with E-state index in [-0.39, 0.29) is 5.56 Å². The second kappa shape index (κ2) is 5.57. The molecule has 1 aliphatic carbocycles. The molecular weight excluding hydrogens is 316 g/mol. The van der Waals surface area contributed by atoms with Gasteiger partial charge in [-0.2, -0.15) is 0 Å². The molecule has 0 aromatic heterocycles. The lowest BCUT2D eigenvalue weighted by Crippen LogP contribution is -2.38. The van der Waals surface area contributed by atoms with Gasteiger partial charge in [0.1, 0.15) is 17.2 Å². The average Bonchev–Trinajstić information content (AvgIpc) is 2.32. The van der Waals surface area contributed by atoms with Crippen molar-refractivity contribution in [2.24, 2.45) is 5.92 Å². The molecule has 1 aromatic rings. The molecule has 1 fully saturated rings. The van der Waals surface area contributed by atoms with Gasteiger partial charge in [-0.1, -0.05) is 22.0 Å². The van der Waals surface area contributed by atoms with Gasteiger partial charge in [0.15, 0.2) is 0 Å². The number of carbonyl (C=O) groups excluding carboxylic acids is 1. The van der Waals surface area contributed by atoms with Crippen molar-refractivity contribution in [2.75, 3.05) is 13.6 Å². The fourth-order valence-corrected chi connectivity index (χ4v) is 3.37. The summed E-state index contributed by atoms with van der Waals surface area (Å²) in [5, 5.41) is 0. The second-order valence-corrected chi connectivity index (χ2v) is 6.47. The second-order valence-electron chi connectivity index (χ2n) is 5.17. The van der Waals surface area contributed by atoms with E-state index in [0.29, 0.717) is 17.3 Å². The largest absolute Gasteiger partial charge is 0.341 e. The minimum absolute atomic E-state index is 0.280. The van der Waals surface area contributed by atoms with Gasteiger partial charge in [-0.25, -0.2) is 8.78 Å². The fraction of sp³-hybridized carbons (Fsp3) is 0.500. The first-order valence-corrected chi connectivity index (χ1v) is 7.15. The standard InChI is InChI=1S/C14H16BrF2NO/c1-8-3-4-11(16)12(13(8)17)14(19)18(2)7-9-5-10(15)6-9/h3-4,9-10H,5-7H2,1-2H3. The number of halogens is 3. The molecule has 19 heavy (non-hydrogen) atoms. The van der Waals surface area contributed by atoms with Crippen molar-refractivity contribution >= 4 is 21.8 Å². The van der Waals surface area contributed by atoms with Crippen LogP contribution in [0, 0.1) is 24.5 Å². The number of hydrogen-bond donors (Lipinski definition) is 0. The number of nitrogens with zero attached hydrogens (tertiary/aromatic N) is 1. The van der Waals surface area contributed by atoms with Gasteiger partial charge >= 0.3 is 0 Å². The fourth-order valence-electron chi connectivity index (χ4n) is 2.32. The van der Waals surface area contributed by atoms with E-state index in [0.717, 1.165) is 18.9 Å². The molecule has 104 valence electrons. The highest BCUT2D eigenvalue weighted by molar-refractivity contribution is 9.09. The predicted octanol–water partition coefficient (Wildman–Crippen LogP) is 3.52. The van der Waals surface area contributed by atoms with Crippen LogP contribution in [0.25, 0.3) is 0 Å². The summed E-state index contributed by atoms with van der Waals surface area (Å²) >= 11 is 3.48. The zero-order valence-corrected chi connectivity index (χ0v) is 12.5. The van der Waals surface area contributed by atoms with Crippen molar-refractivity contribution in [3.63, 3.8) is 0 Å². The maximum atomic E-state index is 13.9. The Balaban J connectivity index is 2.13. The lowest BCUT2D eigenvalue weighted by atomic mass is 9.85. The van der Waals surface area contributed by atoms with Crippen molar-refractivity contribution in [3.05, 3.63) is 34.9 Å². The lowest BCUT2D eigenvalue weighted by molar-refractivity contribution is 0.0739. The zero-order valence-electron chi connectivity index (χ0n) is 10.9. The maximum Gasteiger partial charge on any atom is 0.259 e. The summed E-state index contributed by atoms with van der Waals surface area (Å²) < 4.78 is 27.5. The van der Waals surface area contributed by atoms with Crippen LogP contribution in [0.15, 0.2) is 12.1 Å². The van der Waals surface area contributed by atoms with Crippen LogP contribution in [0.4, 0.5) is 8.78 Å². The molecule has 2 nitrogen and oxygen atoms in total. The maximum absolute atomic E-state index is 13.9.